The Hall–Kier alpha value is -1.23. The first kappa shape index (κ1) is 12.8. The van der Waals surface area contributed by atoms with E-state index in [9.17, 15) is 0 Å². The lowest BCUT2D eigenvalue weighted by atomic mass is 10.1. The lowest BCUT2D eigenvalue weighted by molar-refractivity contribution is 0.357. The molecule has 0 amide bonds. The number of nitrogens with one attached hydrogen (secondary N) is 1. The van der Waals surface area contributed by atoms with Crippen molar-refractivity contribution in [2.75, 3.05) is 18.5 Å². The van der Waals surface area contributed by atoms with Crippen molar-refractivity contribution in [3.8, 4) is 5.75 Å². The Labute approximate surface area is 127 Å². The van der Waals surface area contributed by atoms with Crippen LogP contribution in [0.2, 0.25) is 0 Å². The molecule has 98 valence electrons. The Morgan fingerprint density at radius 1 is 1.16 bits per heavy atom. The normalized spacial score (nSPS) is 12.9. The Morgan fingerprint density at radius 3 is 2.95 bits per heavy atom. The van der Waals surface area contributed by atoms with Crippen LogP contribution in [0.4, 0.5) is 5.69 Å². The first-order valence-electron chi connectivity index (χ1n) is 6.56. The summed E-state index contributed by atoms with van der Waals surface area (Å²) in [4.78, 5) is 0. The molecule has 1 N–H and O–H groups in total. The number of hydrogen-bond donors (Lipinski definition) is 1. The van der Waals surface area contributed by atoms with Gasteiger partial charge in [0.2, 0.25) is 0 Å². The minimum absolute atomic E-state index is 0.833. The predicted molar refractivity (Wildman–Crippen MR) is 87.0 cm³/mol. The maximum atomic E-state index is 5.53. The van der Waals surface area contributed by atoms with E-state index in [0.717, 1.165) is 31.7 Å². The summed E-state index contributed by atoms with van der Waals surface area (Å²) < 4.78 is 6.79. The molecule has 3 heteroatoms. The van der Waals surface area contributed by atoms with Crippen molar-refractivity contribution in [1.29, 1.82) is 0 Å². The first-order valence-corrected chi connectivity index (χ1v) is 7.64. The monoisotopic (exact) mass is 365 g/mol. The standard InChI is InChI=1S/C16H16INO/c17-14-3-1-2-4-15(14)18-9-7-12-5-6-16-13(11-12)8-10-19-16/h1-6,11,18H,7-10H2. The van der Waals surface area contributed by atoms with E-state index in [1.165, 1.54) is 20.4 Å². The van der Waals surface area contributed by atoms with Crippen LogP contribution in [0, 0.1) is 3.57 Å². The quantitative estimate of drug-likeness (QED) is 0.831. The molecule has 0 unspecified atom stereocenters. The minimum atomic E-state index is 0.833. The van der Waals surface area contributed by atoms with Gasteiger partial charge in [0.15, 0.2) is 0 Å². The number of rotatable bonds is 4. The van der Waals surface area contributed by atoms with Crippen LogP contribution in [0.3, 0.4) is 0 Å². The van der Waals surface area contributed by atoms with Gasteiger partial charge in [-0.1, -0.05) is 24.3 Å². The Balaban J connectivity index is 1.59. The Morgan fingerprint density at radius 2 is 2.05 bits per heavy atom. The zero-order valence-corrected chi connectivity index (χ0v) is 12.8. The van der Waals surface area contributed by atoms with Gasteiger partial charge in [-0.2, -0.15) is 0 Å². The van der Waals surface area contributed by atoms with E-state index >= 15 is 0 Å². The van der Waals surface area contributed by atoms with E-state index in [4.69, 9.17) is 4.74 Å². The fraction of sp³-hybridized carbons (Fsp3) is 0.250. The zero-order valence-electron chi connectivity index (χ0n) is 10.7. The average Bonchev–Trinajstić information content (AvgIpc) is 2.88. The van der Waals surface area contributed by atoms with Gasteiger partial charge in [-0.3, -0.25) is 0 Å². The van der Waals surface area contributed by atoms with Crippen molar-refractivity contribution >= 4 is 28.3 Å². The van der Waals surface area contributed by atoms with Crippen LogP contribution in [0.15, 0.2) is 42.5 Å². The van der Waals surface area contributed by atoms with Gasteiger partial charge in [0.05, 0.1) is 6.61 Å². The fourth-order valence-electron chi connectivity index (χ4n) is 2.34. The van der Waals surface area contributed by atoms with Crippen LogP contribution < -0.4 is 10.1 Å². The largest absolute Gasteiger partial charge is 0.493 e. The third kappa shape index (κ3) is 3.03. The van der Waals surface area contributed by atoms with E-state index in [0.29, 0.717) is 0 Å². The van der Waals surface area contributed by atoms with Crippen molar-refractivity contribution in [2.24, 2.45) is 0 Å². The lowest BCUT2D eigenvalue weighted by Gasteiger charge is -2.09. The second kappa shape index (κ2) is 5.82. The highest BCUT2D eigenvalue weighted by Crippen LogP contribution is 2.26. The van der Waals surface area contributed by atoms with Gasteiger partial charge in [0.1, 0.15) is 5.75 Å². The van der Waals surface area contributed by atoms with Crippen molar-refractivity contribution < 1.29 is 4.74 Å². The number of fused-ring (bicyclic) bond motifs is 1. The molecule has 0 fully saturated rings. The lowest BCUT2D eigenvalue weighted by Crippen LogP contribution is -2.06. The predicted octanol–water partition coefficient (Wildman–Crippen LogP) is 3.88. The molecule has 1 heterocycles. The molecule has 0 aromatic heterocycles. The summed E-state index contributed by atoms with van der Waals surface area (Å²) >= 11 is 2.36. The summed E-state index contributed by atoms with van der Waals surface area (Å²) in [6.07, 6.45) is 2.09. The third-order valence-electron chi connectivity index (χ3n) is 3.36. The van der Waals surface area contributed by atoms with Crippen molar-refractivity contribution in [3.05, 3.63) is 57.2 Å². The van der Waals surface area contributed by atoms with Crippen molar-refractivity contribution in [2.45, 2.75) is 12.8 Å². The van der Waals surface area contributed by atoms with Gasteiger partial charge in [-0.15, -0.1) is 0 Å². The molecular weight excluding hydrogens is 349 g/mol. The Kier molecular flexibility index (Phi) is 3.92. The molecule has 0 atom stereocenters. The highest BCUT2D eigenvalue weighted by molar-refractivity contribution is 14.1. The number of hydrogen-bond acceptors (Lipinski definition) is 2. The van der Waals surface area contributed by atoms with Gasteiger partial charge in [0.25, 0.3) is 0 Å². The molecule has 19 heavy (non-hydrogen) atoms. The first-order chi connectivity index (χ1) is 9.33. The summed E-state index contributed by atoms with van der Waals surface area (Å²) in [7, 11) is 0. The molecule has 0 saturated heterocycles. The Bertz CT molecular complexity index is 583. The van der Waals surface area contributed by atoms with Crippen molar-refractivity contribution in [3.63, 3.8) is 0 Å². The molecule has 2 nitrogen and oxygen atoms in total. The van der Waals surface area contributed by atoms with Crippen LogP contribution in [0.25, 0.3) is 0 Å². The number of ether oxygens (including phenoxy) is 1. The van der Waals surface area contributed by atoms with E-state index < -0.39 is 0 Å². The number of benzene rings is 2. The molecule has 0 saturated carbocycles. The van der Waals surface area contributed by atoms with Gasteiger partial charge >= 0.3 is 0 Å². The molecule has 1 aliphatic heterocycles. The molecule has 0 radical (unpaired) electrons. The van der Waals surface area contributed by atoms with E-state index in [2.05, 4.69) is 70.4 Å². The smallest absolute Gasteiger partial charge is 0.122 e. The van der Waals surface area contributed by atoms with Crippen LogP contribution in [0.1, 0.15) is 11.1 Å². The molecule has 2 aromatic carbocycles. The van der Waals surface area contributed by atoms with Crippen LogP contribution in [0.5, 0.6) is 5.75 Å². The maximum Gasteiger partial charge on any atom is 0.122 e. The summed E-state index contributed by atoms with van der Waals surface area (Å²) in [5.41, 5.74) is 3.95. The van der Waals surface area contributed by atoms with Gasteiger partial charge in [-0.25, -0.2) is 0 Å². The second-order valence-electron chi connectivity index (χ2n) is 4.70. The average molecular weight is 365 g/mol. The molecule has 2 aromatic rings. The number of anilines is 1. The molecule has 3 rings (SSSR count). The van der Waals surface area contributed by atoms with Crippen molar-refractivity contribution in [1.82, 2.24) is 0 Å². The molecular formula is C16H16INO. The molecule has 0 aliphatic carbocycles. The fourth-order valence-corrected chi connectivity index (χ4v) is 2.92. The van der Waals surface area contributed by atoms with Gasteiger partial charge in [0, 0.05) is 22.2 Å². The minimum Gasteiger partial charge on any atom is -0.493 e. The summed E-state index contributed by atoms with van der Waals surface area (Å²) in [6.45, 7) is 1.79. The summed E-state index contributed by atoms with van der Waals surface area (Å²) in [5, 5.41) is 3.49. The van der Waals surface area contributed by atoms with Gasteiger partial charge in [-0.05, 0) is 58.3 Å². The molecule has 0 spiro atoms. The van der Waals surface area contributed by atoms with Crippen LogP contribution in [-0.2, 0) is 12.8 Å². The van der Waals surface area contributed by atoms with E-state index in [-0.39, 0.29) is 0 Å². The summed E-state index contributed by atoms with van der Waals surface area (Å²) in [6, 6.07) is 14.9. The maximum absolute atomic E-state index is 5.53. The second-order valence-corrected chi connectivity index (χ2v) is 5.86. The highest BCUT2D eigenvalue weighted by Gasteiger charge is 2.11. The molecule has 1 aliphatic rings. The van der Waals surface area contributed by atoms with E-state index in [1.807, 2.05) is 0 Å². The third-order valence-corrected chi connectivity index (χ3v) is 4.30. The SMILES string of the molecule is Ic1ccccc1NCCc1ccc2c(c1)CCO2. The highest BCUT2D eigenvalue weighted by atomic mass is 127. The topological polar surface area (TPSA) is 21.3 Å². The van der Waals surface area contributed by atoms with E-state index in [1.54, 1.807) is 0 Å². The molecule has 0 bridgehead atoms. The number of halogens is 1. The van der Waals surface area contributed by atoms with Gasteiger partial charge < -0.3 is 10.1 Å². The van der Waals surface area contributed by atoms with Crippen LogP contribution in [-0.4, -0.2) is 13.2 Å². The van der Waals surface area contributed by atoms with Crippen LogP contribution >= 0.6 is 22.6 Å². The summed E-state index contributed by atoms with van der Waals surface area (Å²) in [5.74, 6) is 1.06. The number of para-hydroxylation sites is 1. The zero-order chi connectivity index (χ0) is 13.1.